The first-order valence-corrected chi connectivity index (χ1v) is 10.1. The third-order valence-electron chi connectivity index (χ3n) is 5.33. The molecule has 0 saturated carbocycles. The lowest BCUT2D eigenvalue weighted by molar-refractivity contribution is -0.175. The van der Waals surface area contributed by atoms with E-state index in [-0.39, 0.29) is 6.42 Å². The van der Waals surface area contributed by atoms with Crippen LogP contribution in [0, 0.1) is 0 Å². The van der Waals surface area contributed by atoms with Crippen molar-refractivity contribution in [3.05, 3.63) is 54.1 Å². The first-order chi connectivity index (χ1) is 14.7. The minimum atomic E-state index is -5.05. The van der Waals surface area contributed by atoms with Crippen LogP contribution in [0.1, 0.15) is 17.8 Å². The van der Waals surface area contributed by atoms with E-state index in [2.05, 4.69) is 9.88 Å². The SMILES string of the molecule is Cn1ccnc1CN1CCCN(C(=O)C(Cc2ccccc2)NC(=O)C(F)(F)F)CC1. The van der Waals surface area contributed by atoms with Crippen LogP contribution in [0.15, 0.2) is 42.7 Å². The Morgan fingerprint density at radius 3 is 2.52 bits per heavy atom. The summed E-state index contributed by atoms with van der Waals surface area (Å²) in [6.45, 7) is 2.74. The zero-order valence-electron chi connectivity index (χ0n) is 17.3. The summed E-state index contributed by atoms with van der Waals surface area (Å²) in [4.78, 5) is 32.7. The molecule has 1 aliphatic rings. The van der Waals surface area contributed by atoms with Crippen LogP contribution in [0.25, 0.3) is 0 Å². The number of nitrogens with one attached hydrogen (secondary N) is 1. The predicted molar refractivity (Wildman–Crippen MR) is 108 cm³/mol. The van der Waals surface area contributed by atoms with Crippen LogP contribution in [0.4, 0.5) is 13.2 Å². The Bertz CT molecular complexity index is 885. The molecule has 1 atom stereocenters. The summed E-state index contributed by atoms with van der Waals surface area (Å²) >= 11 is 0. The fourth-order valence-electron chi connectivity index (χ4n) is 3.61. The second kappa shape index (κ2) is 9.95. The lowest BCUT2D eigenvalue weighted by Gasteiger charge is -2.27. The molecule has 1 saturated heterocycles. The number of imidazole rings is 1. The summed E-state index contributed by atoms with van der Waals surface area (Å²) in [6.07, 6.45) is -0.787. The van der Waals surface area contributed by atoms with Crippen molar-refractivity contribution in [3.63, 3.8) is 0 Å². The van der Waals surface area contributed by atoms with Crippen molar-refractivity contribution >= 4 is 11.8 Å². The van der Waals surface area contributed by atoms with Gasteiger partial charge in [0.1, 0.15) is 11.9 Å². The molecular formula is C21H26F3N5O2. The molecule has 0 bridgehead atoms. The van der Waals surface area contributed by atoms with Gasteiger partial charge in [-0.05, 0) is 12.0 Å². The quantitative estimate of drug-likeness (QED) is 0.748. The first kappa shape index (κ1) is 22.8. The standard InChI is InChI=1S/C21H26F3N5O2/c1-27-11-8-25-18(27)15-28-9-5-10-29(13-12-28)19(30)17(26-20(31)21(22,23)24)14-16-6-3-2-4-7-16/h2-4,6-8,11,17H,5,9-10,12-15H2,1H3,(H,26,31). The van der Waals surface area contributed by atoms with Crippen LogP contribution in [0.5, 0.6) is 0 Å². The maximum Gasteiger partial charge on any atom is 0.471 e. The van der Waals surface area contributed by atoms with E-state index >= 15 is 0 Å². The van der Waals surface area contributed by atoms with Gasteiger partial charge in [-0.1, -0.05) is 30.3 Å². The molecule has 2 heterocycles. The van der Waals surface area contributed by atoms with Crippen LogP contribution < -0.4 is 5.32 Å². The molecule has 1 aromatic heterocycles. The first-order valence-electron chi connectivity index (χ1n) is 10.1. The molecular weight excluding hydrogens is 411 g/mol. The van der Waals surface area contributed by atoms with E-state index in [0.29, 0.717) is 38.2 Å². The van der Waals surface area contributed by atoms with Crippen molar-refractivity contribution in [1.82, 2.24) is 24.7 Å². The number of alkyl halides is 3. The number of rotatable bonds is 6. The number of benzene rings is 1. The van der Waals surface area contributed by atoms with Crippen molar-refractivity contribution in [2.75, 3.05) is 26.2 Å². The maximum atomic E-state index is 13.1. The highest BCUT2D eigenvalue weighted by Gasteiger charge is 2.41. The van der Waals surface area contributed by atoms with Crippen molar-refractivity contribution < 1.29 is 22.8 Å². The average Bonchev–Trinajstić information content (AvgIpc) is 2.98. The number of nitrogens with zero attached hydrogens (tertiary/aromatic N) is 4. The van der Waals surface area contributed by atoms with Gasteiger partial charge in [-0.25, -0.2) is 4.98 Å². The third-order valence-corrected chi connectivity index (χ3v) is 5.33. The topological polar surface area (TPSA) is 70.5 Å². The largest absolute Gasteiger partial charge is 0.471 e. The zero-order chi connectivity index (χ0) is 22.4. The number of halogens is 3. The van der Waals surface area contributed by atoms with E-state index in [1.54, 1.807) is 41.4 Å². The van der Waals surface area contributed by atoms with E-state index in [9.17, 15) is 22.8 Å². The Morgan fingerprint density at radius 2 is 1.87 bits per heavy atom. The van der Waals surface area contributed by atoms with Gasteiger partial charge < -0.3 is 14.8 Å². The number of carbonyl (C=O) groups excluding carboxylic acids is 2. The summed E-state index contributed by atoms with van der Waals surface area (Å²) in [5.74, 6) is -1.70. The van der Waals surface area contributed by atoms with Crippen molar-refractivity contribution in [2.24, 2.45) is 7.05 Å². The maximum absolute atomic E-state index is 13.1. The van der Waals surface area contributed by atoms with Crippen molar-refractivity contribution in [1.29, 1.82) is 0 Å². The third kappa shape index (κ3) is 6.30. The molecule has 31 heavy (non-hydrogen) atoms. The highest BCUT2D eigenvalue weighted by molar-refractivity contribution is 5.90. The number of aryl methyl sites for hydroxylation is 1. The number of hydrogen-bond acceptors (Lipinski definition) is 4. The number of hydrogen-bond donors (Lipinski definition) is 1. The summed E-state index contributed by atoms with van der Waals surface area (Å²) in [5.41, 5.74) is 0.676. The fraction of sp³-hybridized carbons (Fsp3) is 0.476. The Labute approximate surface area is 178 Å². The molecule has 0 radical (unpaired) electrons. The fourth-order valence-corrected chi connectivity index (χ4v) is 3.61. The summed E-state index contributed by atoms with van der Waals surface area (Å²) in [5, 5.41) is 1.90. The van der Waals surface area contributed by atoms with E-state index in [0.717, 1.165) is 12.4 Å². The summed E-state index contributed by atoms with van der Waals surface area (Å²) < 4.78 is 40.4. The number of aromatic nitrogens is 2. The van der Waals surface area contributed by atoms with E-state index in [4.69, 9.17) is 0 Å². The molecule has 0 aliphatic carbocycles. The average molecular weight is 437 g/mol. The smallest absolute Gasteiger partial charge is 0.340 e. The highest BCUT2D eigenvalue weighted by Crippen LogP contribution is 2.17. The van der Waals surface area contributed by atoms with Gasteiger partial charge in [-0.2, -0.15) is 13.2 Å². The molecule has 0 spiro atoms. The molecule has 3 rings (SSSR count). The minimum absolute atomic E-state index is 0.00498. The second-order valence-electron chi connectivity index (χ2n) is 7.62. The minimum Gasteiger partial charge on any atom is -0.340 e. The molecule has 1 aromatic carbocycles. The zero-order valence-corrected chi connectivity index (χ0v) is 17.3. The molecule has 2 amide bonds. The van der Waals surface area contributed by atoms with Gasteiger partial charge in [-0.3, -0.25) is 14.5 Å². The molecule has 1 fully saturated rings. The van der Waals surface area contributed by atoms with Crippen LogP contribution in [0.2, 0.25) is 0 Å². The Morgan fingerprint density at radius 1 is 1.13 bits per heavy atom. The van der Waals surface area contributed by atoms with Gasteiger partial charge in [0.05, 0.1) is 6.54 Å². The Kier molecular flexibility index (Phi) is 7.32. The summed E-state index contributed by atoms with van der Waals surface area (Å²) in [7, 11) is 1.91. The van der Waals surface area contributed by atoms with Gasteiger partial charge in [0, 0.05) is 52.0 Å². The van der Waals surface area contributed by atoms with Gasteiger partial charge in [0.25, 0.3) is 0 Å². The van der Waals surface area contributed by atoms with Crippen LogP contribution in [-0.2, 0) is 29.6 Å². The van der Waals surface area contributed by atoms with E-state index < -0.39 is 24.0 Å². The molecule has 168 valence electrons. The Balaban J connectivity index is 1.67. The molecule has 1 unspecified atom stereocenters. The normalized spacial score (nSPS) is 16.6. The number of amides is 2. The van der Waals surface area contributed by atoms with Crippen molar-refractivity contribution in [2.45, 2.75) is 31.6 Å². The van der Waals surface area contributed by atoms with Crippen LogP contribution >= 0.6 is 0 Å². The molecule has 10 heteroatoms. The van der Waals surface area contributed by atoms with Gasteiger partial charge in [-0.15, -0.1) is 0 Å². The highest BCUT2D eigenvalue weighted by atomic mass is 19.4. The van der Waals surface area contributed by atoms with E-state index in [1.807, 2.05) is 23.1 Å². The van der Waals surface area contributed by atoms with Gasteiger partial charge >= 0.3 is 12.1 Å². The van der Waals surface area contributed by atoms with Crippen molar-refractivity contribution in [3.8, 4) is 0 Å². The molecule has 1 N–H and O–H groups in total. The predicted octanol–water partition coefficient (Wildman–Crippen LogP) is 1.74. The van der Waals surface area contributed by atoms with Crippen LogP contribution in [-0.4, -0.2) is 69.6 Å². The van der Waals surface area contributed by atoms with Crippen LogP contribution in [0.3, 0.4) is 0 Å². The molecule has 1 aliphatic heterocycles. The second-order valence-corrected chi connectivity index (χ2v) is 7.62. The van der Waals surface area contributed by atoms with E-state index in [1.165, 1.54) is 0 Å². The Hall–Kier alpha value is -2.88. The molecule has 7 nitrogen and oxygen atoms in total. The summed E-state index contributed by atoms with van der Waals surface area (Å²) in [6, 6.07) is 7.42. The van der Waals surface area contributed by atoms with Gasteiger partial charge in [0.15, 0.2) is 0 Å². The lowest BCUT2D eigenvalue weighted by Crippen LogP contribution is -2.53. The molecule has 2 aromatic rings. The number of carbonyl (C=O) groups is 2. The monoisotopic (exact) mass is 437 g/mol. The lowest BCUT2D eigenvalue weighted by atomic mass is 10.0. The van der Waals surface area contributed by atoms with Gasteiger partial charge in [0.2, 0.25) is 5.91 Å².